The lowest BCUT2D eigenvalue weighted by Gasteiger charge is -2.57. The molecule has 5 atom stereocenters. The molecule has 1 aromatic rings. The van der Waals surface area contributed by atoms with Crippen molar-refractivity contribution in [2.24, 2.45) is 5.92 Å². The van der Waals surface area contributed by atoms with Crippen molar-refractivity contribution in [2.75, 3.05) is 20.2 Å². The monoisotopic (exact) mass is 357 g/mol. The fraction of sp³-hybridized carbons (Fsp3) is 0.550. The third kappa shape index (κ3) is 1.91. The molecule has 0 saturated carbocycles. The van der Waals surface area contributed by atoms with Crippen molar-refractivity contribution in [2.45, 2.75) is 42.9 Å². The molecule has 0 amide bonds. The van der Waals surface area contributed by atoms with Gasteiger partial charge in [-0.1, -0.05) is 18.2 Å². The van der Waals surface area contributed by atoms with E-state index < -0.39 is 12.1 Å². The average molecular weight is 357 g/mol. The van der Waals surface area contributed by atoms with Crippen LogP contribution in [-0.2, 0) is 16.6 Å². The number of hydrogen-bond acceptors (Lipinski definition) is 5. The number of aliphatic hydroxyl groups is 1. The summed E-state index contributed by atoms with van der Waals surface area (Å²) in [5.74, 6) is 0.981. The fourth-order valence-electron chi connectivity index (χ4n) is 5.80. The van der Waals surface area contributed by atoms with Gasteiger partial charge >= 0.3 is 5.97 Å². The van der Waals surface area contributed by atoms with Crippen LogP contribution in [0.3, 0.4) is 0 Å². The Morgan fingerprint density at radius 2 is 2.27 bits per heavy atom. The van der Waals surface area contributed by atoms with Crippen molar-refractivity contribution >= 4 is 5.97 Å². The maximum atomic E-state index is 11.1. The molecule has 2 heterocycles. The molecule has 5 rings (SSSR count). The van der Waals surface area contributed by atoms with Crippen molar-refractivity contribution in [3.63, 3.8) is 0 Å². The summed E-state index contributed by atoms with van der Waals surface area (Å²) in [5.41, 5.74) is 2.21. The van der Waals surface area contributed by atoms with Crippen molar-refractivity contribution < 1.29 is 24.5 Å². The van der Waals surface area contributed by atoms with Crippen LogP contribution in [0, 0.1) is 5.92 Å². The normalized spacial score (nSPS) is 36.4. The van der Waals surface area contributed by atoms with Crippen LogP contribution < -0.4 is 9.47 Å². The van der Waals surface area contributed by atoms with E-state index in [0.717, 1.165) is 30.9 Å². The number of aliphatic carboxylic acids is 1. The summed E-state index contributed by atoms with van der Waals surface area (Å²) in [5, 5.41) is 19.7. The molecule has 2 aliphatic carbocycles. The lowest BCUT2D eigenvalue weighted by molar-refractivity contribution is -0.138. The molecule has 0 radical (unpaired) electrons. The van der Waals surface area contributed by atoms with Crippen molar-refractivity contribution in [1.29, 1.82) is 0 Å². The van der Waals surface area contributed by atoms with E-state index in [-0.39, 0.29) is 29.9 Å². The molecule has 2 aliphatic heterocycles. The van der Waals surface area contributed by atoms with Gasteiger partial charge in [-0.3, -0.25) is 9.69 Å². The van der Waals surface area contributed by atoms with E-state index in [1.165, 1.54) is 11.1 Å². The second-order valence-electron chi connectivity index (χ2n) is 7.81. The molecule has 1 aromatic carbocycles. The third-order valence-electron chi connectivity index (χ3n) is 6.80. The maximum Gasteiger partial charge on any atom is 0.304 e. The number of carbonyl (C=O) groups is 1. The Kier molecular flexibility index (Phi) is 3.40. The van der Waals surface area contributed by atoms with E-state index in [0.29, 0.717) is 6.54 Å². The number of nitrogens with zero attached hydrogens (tertiary/aromatic N) is 1. The average Bonchev–Trinajstić information content (AvgIpc) is 2.97. The number of carboxylic acid groups (broad SMARTS) is 1. The smallest absolute Gasteiger partial charge is 0.304 e. The minimum absolute atomic E-state index is 0.156. The van der Waals surface area contributed by atoms with Crippen LogP contribution in [0.15, 0.2) is 24.3 Å². The Balaban J connectivity index is 1.64. The quantitative estimate of drug-likeness (QED) is 0.792. The summed E-state index contributed by atoms with van der Waals surface area (Å²) in [4.78, 5) is 13.4. The van der Waals surface area contributed by atoms with Gasteiger partial charge in [-0.2, -0.15) is 0 Å². The van der Waals surface area contributed by atoms with E-state index in [4.69, 9.17) is 14.6 Å². The molecular weight excluding hydrogens is 334 g/mol. The second-order valence-corrected chi connectivity index (χ2v) is 7.81. The van der Waals surface area contributed by atoms with Crippen LogP contribution in [0.1, 0.15) is 24.0 Å². The SMILES string of the molecule is COc1ccc2c3c1O[C@H]1[C@@H](O)C=C[C@H]4[C@@H](C2)N(CCC(=O)O)CC[C@@]341. The topological polar surface area (TPSA) is 79.2 Å². The molecule has 2 bridgehead atoms. The zero-order valence-electron chi connectivity index (χ0n) is 14.7. The largest absolute Gasteiger partial charge is 0.493 e. The van der Waals surface area contributed by atoms with E-state index in [2.05, 4.69) is 17.0 Å². The summed E-state index contributed by atoms with van der Waals surface area (Å²) in [7, 11) is 1.65. The minimum Gasteiger partial charge on any atom is -0.493 e. The van der Waals surface area contributed by atoms with Gasteiger partial charge < -0.3 is 19.7 Å². The van der Waals surface area contributed by atoms with Gasteiger partial charge in [-0.15, -0.1) is 0 Å². The molecule has 6 heteroatoms. The van der Waals surface area contributed by atoms with Crippen molar-refractivity contribution in [1.82, 2.24) is 4.90 Å². The molecule has 2 N–H and O–H groups in total. The number of hydrogen-bond donors (Lipinski definition) is 2. The second kappa shape index (κ2) is 5.47. The summed E-state index contributed by atoms with van der Waals surface area (Å²) >= 11 is 0. The molecule has 1 fully saturated rings. The molecule has 0 unspecified atom stereocenters. The lowest BCUT2D eigenvalue weighted by Crippen LogP contribution is -2.65. The number of aliphatic hydroxyl groups excluding tert-OH is 1. The predicted octanol–water partition coefficient (Wildman–Crippen LogP) is 1.35. The number of benzene rings is 1. The Morgan fingerprint density at radius 3 is 3.04 bits per heavy atom. The molecule has 1 saturated heterocycles. The molecule has 1 spiro atoms. The van der Waals surface area contributed by atoms with Gasteiger partial charge in [0, 0.05) is 29.5 Å². The highest BCUT2D eigenvalue weighted by Crippen LogP contribution is 2.62. The van der Waals surface area contributed by atoms with E-state index in [1.807, 2.05) is 12.1 Å². The van der Waals surface area contributed by atoms with Crippen LogP contribution in [0.25, 0.3) is 0 Å². The summed E-state index contributed by atoms with van der Waals surface area (Å²) in [6.45, 7) is 1.39. The highest BCUT2D eigenvalue weighted by Gasteiger charge is 2.64. The zero-order chi connectivity index (χ0) is 18.1. The Labute approximate surface area is 152 Å². The third-order valence-corrected chi connectivity index (χ3v) is 6.80. The number of rotatable bonds is 4. The number of ether oxygens (including phenoxy) is 2. The zero-order valence-corrected chi connectivity index (χ0v) is 14.7. The summed E-state index contributed by atoms with van der Waals surface area (Å²) in [6, 6.07) is 4.30. The minimum atomic E-state index is -0.759. The first-order chi connectivity index (χ1) is 12.6. The standard InChI is InChI=1S/C20H23NO5/c1-25-15-5-2-11-10-13-12-3-4-14(22)19-20(12,17(11)18(15)26-19)7-9-21(13)8-6-16(23)24/h2-5,12-14,19,22H,6-10H2,1H3,(H,23,24)/t12-,13+,14-,19-,20-/m0/s1. The van der Waals surface area contributed by atoms with Gasteiger partial charge in [0.05, 0.1) is 13.5 Å². The van der Waals surface area contributed by atoms with Gasteiger partial charge in [0.2, 0.25) is 0 Å². The van der Waals surface area contributed by atoms with Gasteiger partial charge in [0.25, 0.3) is 0 Å². The van der Waals surface area contributed by atoms with E-state index >= 15 is 0 Å². The van der Waals surface area contributed by atoms with E-state index in [9.17, 15) is 9.90 Å². The number of likely N-dealkylation sites (tertiary alicyclic amines) is 1. The van der Waals surface area contributed by atoms with Gasteiger partial charge in [0.15, 0.2) is 11.5 Å². The van der Waals surface area contributed by atoms with Gasteiger partial charge in [0.1, 0.15) is 12.2 Å². The van der Waals surface area contributed by atoms with E-state index in [1.54, 1.807) is 7.11 Å². The molecule has 6 nitrogen and oxygen atoms in total. The van der Waals surface area contributed by atoms with Crippen LogP contribution in [0.2, 0.25) is 0 Å². The number of methoxy groups -OCH3 is 1. The highest BCUT2D eigenvalue weighted by atomic mass is 16.5. The predicted molar refractivity (Wildman–Crippen MR) is 93.7 cm³/mol. The molecular formula is C20H23NO5. The fourth-order valence-corrected chi connectivity index (χ4v) is 5.80. The Morgan fingerprint density at radius 1 is 1.42 bits per heavy atom. The summed E-state index contributed by atoms with van der Waals surface area (Å²) in [6.07, 6.45) is 4.93. The number of piperidine rings is 1. The molecule has 26 heavy (non-hydrogen) atoms. The highest BCUT2D eigenvalue weighted by molar-refractivity contribution is 5.67. The van der Waals surface area contributed by atoms with Gasteiger partial charge in [-0.25, -0.2) is 0 Å². The Hall–Kier alpha value is -2.05. The number of carboxylic acids is 1. The maximum absolute atomic E-state index is 11.1. The first kappa shape index (κ1) is 16.1. The Bertz CT molecular complexity index is 806. The summed E-state index contributed by atoms with van der Waals surface area (Å²) < 4.78 is 11.8. The molecule has 4 aliphatic rings. The van der Waals surface area contributed by atoms with Gasteiger partial charge in [-0.05, 0) is 31.0 Å². The first-order valence-electron chi connectivity index (χ1n) is 9.25. The van der Waals surface area contributed by atoms with Crippen LogP contribution in [0.5, 0.6) is 11.5 Å². The molecule has 138 valence electrons. The van der Waals surface area contributed by atoms with Crippen LogP contribution in [0.4, 0.5) is 0 Å². The van der Waals surface area contributed by atoms with Crippen molar-refractivity contribution in [3.8, 4) is 11.5 Å². The van der Waals surface area contributed by atoms with Crippen LogP contribution in [-0.4, -0.2) is 59.5 Å². The first-order valence-corrected chi connectivity index (χ1v) is 9.25. The van der Waals surface area contributed by atoms with Crippen molar-refractivity contribution in [3.05, 3.63) is 35.4 Å². The van der Waals surface area contributed by atoms with Crippen LogP contribution >= 0.6 is 0 Å². The molecule has 0 aromatic heterocycles. The lowest BCUT2D eigenvalue weighted by atomic mass is 9.53.